The molecule has 2 rings (SSSR count). The van der Waals surface area contributed by atoms with Crippen molar-refractivity contribution in [2.75, 3.05) is 0 Å². The molecule has 90 valence electrons. The van der Waals surface area contributed by atoms with Crippen LogP contribution in [0.5, 0.6) is 0 Å². The third kappa shape index (κ3) is 2.37. The van der Waals surface area contributed by atoms with Crippen molar-refractivity contribution < 1.29 is 13.0 Å². The minimum atomic E-state index is -4.20. The van der Waals surface area contributed by atoms with E-state index >= 15 is 0 Å². The Morgan fingerprint density at radius 1 is 1.29 bits per heavy atom. The van der Waals surface area contributed by atoms with E-state index in [1.54, 1.807) is 35.9 Å². The summed E-state index contributed by atoms with van der Waals surface area (Å²) < 4.78 is 32.1. The Balaban J connectivity index is 2.76. The highest BCUT2D eigenvalue weighted by Crippen LogP contribution is 2.11. The van der Waals surface area contributed by atoms with Crippen molar-refractivity contribution in [3.05, 3.63) is 46.2 Å². The van der Waals surface area contributed by atoms with E-state index in [0.29, 0.717) is 5.39 Å². The molecule has 0 aliphatic heterocycles. The van der Waals surface area contributed by atoms with Crippen LogP contribution >= 0.6 is 0 Å². The molecule has 17 heavy (non-hydrogen) atoms. The molecule has 0 spiro atoms. The average molecular weight is 253 g/mol. The topological polar surface area (TPSA) is 76.4 Å². The molecule has 0 bridgehead atoms. The van der Waals surface area contributed by atoms with E-state index in [-0.39, 0.29) is 11.0 Å². The quantitative estimate of drug-likeness (QED) is 0.808. The number of pyridine rings is 1. The summed E-state index contributed by atoms with van der Waals surface area (Å²) in [7, 11) is -2.48. The molecule has 0 atom stereocenters. The standard InChI is InChI=1S/C11H11NO4S/c1-12-6-8(7-17(14,15)16)11(13)9-4-2-3-5-10(9)12/h2-6H,7H2,1H3,(H,14,15,16). The second kappa shape index (κ2) is 3.97. The lowest BCUT2D eigenvalue weighted by Gasteiger charge is -2.07. The maximum Gasteiger partial charge on any atom is 0.269 e. The molecule has 1 aromatic carbocycles. The maximum absolute atomic E-state index is 12.0. The zero-order valence-corrected chi connectivity index (χ0v) is 9.94. The van der Waals surface area contributed by atoms with E-state index in [4.69, 9.17) is 4.55 Å². The van der Waals surface area contributed by atoms with Gasteiger partial charge in [-0.2, -0.15) is 8.42 Å². The van der Waals surface area contributed by atoms with Gasteiger partial charge in [0.25, 0.3) is 10.1 Å². The van der Waals surface area contributed by atoms with Gasteiger partial charge in [0.05, 0.1) is 5.52 Å². The van der Waals surface area contributed by atoms with Gasteiger partial charge in [0.1, 0.15) is 5.75 Å². The molecule has 1 N–H and O–H groups in total. The van der Waals surface area contributed by atoms with Crippen LogP contribution in [0.2, 0.25) is 0 Å². The largest absolute Gasteiger partial charge is 0.350 e. The summed E-state index contributed by atoms with van der Waals surface area (Å²) in [5, 5.41) is 0.441. The number of fused-ring (bicyclic) bond motifs is 1. The summed E-state index contributed by atoms with van der Waals surface area (Å²) >= 11 is 0. The van der Waals surface area contributed by atoms with Crippen molar-refractivity contribution in [1.29, 1.82) is 0 Å². The average Bonchev–Trinajstić information content (AvgIpc) is 2.24. The molecule has 6 heteroatoms. The zero-order valence-electron chi connectivity index (χ0n) is 9.12. The van der Waals surface area contributed by atoms with E-state index in [1.807, 2.05) is 0 Å². The first-order valence-electron chi connectivity index (χ1n) is 4.91. The Labute approximate surface area is 98.1 Å². The van der Waals surface area contributed by atoms with Gasteiger partial charge in [0.2, 0.25) is 0 Å². The molecule has 0 aliphatic rings. The van der Waals surface area contributed by atoms with E-state index in [1.165, 1.54) is 6.20 Å². The number of nitrogens with zero attached hydrogens (tertiary/aromatic N) is 1. The van der Waals surface area contributed by atoms with Crippen LogP contribution in [0.15, 0.2) is 35.3 Å². The van der Waals surface area contributed by atoms with Crippen molar-refractivity contribution in [1.82, 2.24) is 4.57 Å². The molecule has 0 unspecified atom stereocenters. The summed E-state index contributed by atoms with van der Waals surface area (Å²) in [6.45, 7) is 0. The lowest BCUT2D eigenvalue weighted by Crippen LogP contribution is -2.16. The number of hydrogen-bond acceptors (Lipinski definition) is 3. The fourth-order valence-electron chi connectivity index (χ4n) is 1.81. The maximum atomic E-state index is 12.0. The number of aryl methyl sites for hydroxylation is 1. The van der Waals surface area contributed by atoms with E-state index in [9.17, 15) is 13.2 Å². The Morgan fingerprint density at radius 3 is 2.59 bits per heavy atom. The van der Waals surface area contributed by atoms with Crippen LogP contribution in [0.1, 0.15) is 5.56 Å². The predicted molar refractivity (Wildman–Crippen MR) is 64.4 cm³/mol. The third-order valence-corrected chi connectivity index (χ3v) is 3.18. The Kier molecular flexibility index (Phi) is 2.76. The van der Waals surface area contributed by atoms with Crippen LogP contribution in [-0.2, 0) is 22.9 Å². The fourth-order valence-corrected chi connectivity index (χ4v) is 2.41. The molecule has 0 radical (unpaired) electrons. The monoisotopic (exact) mass is 253 g/mol. The number of rotatable bonds is 2. The molecule has 0 amide bonds. The van der Waals surface area contributed by atoms with Crippen LogP contribution in [-0.4, -0.2) is 17.5 Å². The second-order valence-corrected chi connectivity index (χ2v) is 5.29. The number of aromatic nitrogens is 1. The van der Waals surface area contributed by atoms with Crippen molar-refractivity contribution in [2.24, 2.45) is 7.05 Å². The van der Waals surface area contributed by atoms with Gasteiger partial charge in [-0.1, -0.05) is 12.1 Å². The summed E-state index contributed by atoms with van der Waals surface area (Å²) in [4.78, 5) is 12.0. The molecule has 0 saturated carbocycles. The molecule has 1 aromatic heterocycles. The highest BCUT2D eigenvalue weighted by molar-refractivity contribution is 7.85. The molecule has 2 aromatic rings. The van der Waals surface area contributed by atoms with Gasteiger partial charge in [-0.05, 0) is 12.1 Å². The van der Waals surface area contributed by atoms with E-state index < -0.39 is 15.9 Å². The van der Waals surface area contributed by atoms with Crippen LogP contribution < -0.4 is 5.43 Å². The number of benzene rings is 1. The predicted octanol–water partition coefficient (Wildman–Crippen LogP) is 0.926. The summed E-state index contributed by atoms with van der Waals surface area (Å²) in [6, 6.07) is 6.91. The minimum Gasteiger partial charge on any atom is -0.350 e. The minimum absolute atomic E-state index is 0.0636. The van der Waals surface area contributed by atoms with Gasteiger partial charge in [-0.3, -0.25) is 9.35 Å². The normalized spacial score (nSPS) is 11.9. The van der Waals surface area contributed by atoms with Gasteiger partial charge in [-0.15, -0.1) is 0 Å². The van der Waals surface area contributed by atoms with Gasteiger partial charge in [-0.25, -0.2) is 0 Å². The highest BCUT2D eigenvalue weighted by Gasteiger charge is 2.13. The molecule has 5 nitrogen and oxygen atoms in total. The first-order valence-corrected chi connectivity index (χ1v) is 6.52. The van der Waals surface area contributed by atoms with Crippen molar-refractivity contribution in [2.45, 2.75) is 5.75 Å². The summed E-state index contributed by atoms with van der Waals surface area (Å²) in [5.74, 6) is -0.662. The van der Waals surface area contributed by atoms with E-state index in [2.05, 4.69) is 0 Å². The van der Waals surface area contributed by atoms with Crippen LogP contribution in [0.3, 0.4) is 0 Å². The summed E-state index contributed by atoms with van der Waals surface area (Å²) in [5.41, 5.74) is 0.418. The van der Waals surface area contributed by atoms with Crippen LogP contribution in [0, 0.1) is 0 Å². The summed E-state index contributed by atoms with van der Waals surface area (Å²) in [6.07, 6.45) is 1.43. The Bertz CT molecular complexity index is 731. The third-order valence-electron chi connectivity index (χ3n) is 2.51. The molecule has 0 saturated heterocycles. The van der Waals surface area contributed by atoms with Crippen molar-refractivity contribution in [3.8, 4) is 0 Å². The molecule has 0 fully saturated rings. The first kappa shape index (κ1) is 11.8. The van der Waals surface area contributed by atoms with Crippen LogP contribution in [0.4, 0.5) is 0 Å². The molecule has 1 heterocycles. The number of para-hydroxylation sites is 1. The van der Waals surface area contributed by atoms with Crippen molar-refractivity contribution >= 4 is 21.0 Å². The fraction of sp³-hybridized carbons (Fsp3) is 0.182. The Morgan fingerprint density at radius 2 is 1.94 bits per heavy atom. The molecular formula is C11H11NO4S. The van der Waals surface area contributed by atoms with Crippen molar-refractivity contribution in [3.63, 3.8) is 0 Å². The Hall–Kier alpha value is -1.66. The van der Waals surface area contributed by atoms with Crippen LogP contribution in [0.25, 0.3) is 10.9 Å². The lowest BCUT2D eigenvalue weighted by atomic mass is 10.1. The van der Waals surface area contributed by atoms with Gasteiger partial charge >= 0.3 is 0 Å². The van der Waals surface area contributed by atoms with E-state index in [0.717, 1.165) is 5.52 Å². The smallest absolute Gasteiger partial charge is 0.269 e. The van der Waals surface area contributed by atoms with Gasteiger partial charge < -0.3 is 4.57 Å². The SMILES string of the molecule is Cn1cc(CS(=O)(=O)O)c(=O)c2ccccc21. The zero-order chi connectivity index (χ0) is 12.6. The first-order chi connectivity index (χ1) is 7.88. The molecule has 0 aliphatic carbocycles. The number of hydrogen-bond donors (Lipinski definition) is 1. The molecular weight excluding hydrogens is 242 g/mol. The lowest BCUT2D eigenvalue weighted by molar-refractivity contribution is 0.482. The highest BCUT2D eigenvalue weighted by atomic mass is 32.2. The van der Waals surface area contributed by atoms with Gasteiger partial charge in [0, 0.05) is 24.2 Å². The second-order valence-electron chi connectivity index (χ2n) is 3.84. The van der Waals surface area contributed by atoms with Gasteiger partial charge in [0.15, 0.2) is 5.43 Å².